The average Bonchev–Trinajstić information content (AvgIpc) is 2.72. The van der Waals surface area contributed by atoms with Crippen molar-refractivity contribution in [2.24, 2.45) is 5.92 Å². The quantitative estimate of drug-likeness (QED) is 0.554. The van der Waals surface area contributed by atoms with E-state index in [-0.39, 0.29) is 11.8 Å². The second-order valence-corrected chi connectivity index (χ2v) is 9.24. The van der Waals surface area contributed by atoms with Crippen molar-refractivity contribution in [2.45, 2.75) is 46.0 Å². The zero-order valence-corrected chi connectivity index (χ0v) is 19.7. The molecule has 0 aliphatic rings. The Morgan fingerprint density at radius 3 is 2.30 bits per heavy atom. The standard InChI is InChI=1S/C24H31ClN2O2S/c1-17(2)13-26-24(29)19(4)27(14-20-10-6-5-9-18(20)3)23(28)16-30-15-21-11-7-8-12-22(21)25/h5-12,17,19H,13-16H2,1-4H3,(H,26,29). The Kier molecular flexibility index (Phi) is 9.73. The zero-order chi connectivity index (χ0) is 22.1. The highest BCUT2D eigenvalue weighted by Crippen LogP contribution is 2.22. The molecule has 30 heavy (non-hydrogen) atoms. The van der Waals surface area contributed by atoms with Gasteiger partial charge in [-0.15, -0.1) is 11.8 Å². The lowest BCUT2D eigenvalue weighted by atomic mass is 10.1. The van der Waals surface area contributed by atoms with Gasteiger partial charge in [0.25, 0.3) is 0 Å². The van der Waals surface area contributed by atoms with Crippen molar-refractivity contribution in [2.75, 3.05) is 12.3 Å². The Balaban J connectivity index is 2.08. The molecule has 0 radical (unpaired) electrons. The summed E-state index contributed by atoms with van der Waals surface area (Å²) in [6.07, 6.45) is 0. The summed E-state index contributed by atoms with van der Waals surface area (Å²) in [7, 11) is 0. The van der Waals surface area contributed by atoms with Crippen LogP contribution in [0.2, 0.25) is 5.02 Å². The van der Waals surface area contributed by atoms with Gasteiger partial charge in [-0.1, -0.05) is 67.9 Å². The first-order valence-corrected chi connectivity index (χ1v) is 11.8. The van der Waals surface area contributed by atoms with Gasteiger partial charge in [-0.05, 0) is 42.5 Å². The third-order valence-electron chi connectivity index (χ3n) is 4.89. The average molecular weight is 447 g/mol. The van der Waals surface area contributed by atoms with E-state index in [0.29, 0.717) is 35.5 Å². The number of benzene rings is 2. The first-order chi connectivity index (χ1) is 14.3. The molecule has 6 heteroatoms. The number of nitrogens with zero attached hydrogens (tertiary/aromatic N) is 1. The predicted octanol–water partition coefficient (Wildman–Crippen LogP) is 5.07. The summed E-state index contributed by atoms with van der Waals surface area (Å²) in [5, 5.41) is 3.65. The van der Waals surface area contributed by atoms with Crippen LogP contribution >= 0.6 is 23.4 Å². The maximum atomic E-state index is 13.1. The molecule has 1 unspecified atom stereocenters. The van der Waals surface area contributed by atoms with E-state index < -0.39 is 6.04 Å². The monoisotopic (exact) mass is 446 g/mol. The largest absolute Gasteiger partial charge is 0.354 e. The molecular weight excluding hydrogens is 416 g/mol. The molecule has 1 N–H and O–H groups in total. The molecule has 2 aromatic carbocycles. The number of rotatable bonds is 10. The van der Waals surface area contributed by atoms with Crippen LogP contribution in [0, 0.1) is 12.8 Å². The minimum absolute atomic E-state index is 0.0532. The summed E-state index contributed by atoms with van der Waals surface area (Å²) < 4.78 is 0. The van der Waals surface area contributed by atoms with Crippen molar-refractivity contribution in [3.8, 4) is 0 Å². The van der Waals surface area contributed by atoms with Gasteiger partial charge in [0.2, 0.25) is 11.8 Å². The lowest BCUT2D eigenvalue weighted by molar-refractivity contribution is -0.138. The van der Waals surface area contributed by atoms with Crippen LogP contribution in [0.5, 0.6) is 0 Å². The van der Waals surface area contributed by atoms with Crippen molar-refractivity contribution in [3.05, 3.63) is 70.2 Å². The Bertz CT molecular complexity index is 857. The molecule has 162 valence electrons. The fraction of sp³-hybridized carbons (Fsp3) is 0.417. The second kappa shape index (κ2) is 12.0. The van der Waals surface area contributed by atoms with Crippen LogP contribution in [0.4, 0.5) is 0 Å². The Morgan fingerprint density at radius 1 is 1.03 bits per heavy atom. The molecule has 0 fully saturated rings. The van der Waals surface area contributed by atoms with Crippen molar-refractivity contribution in [1.29, 1.82) is 0 Å². The van der Waals surface area contributed by atoms with Gasteiger partial charge in [-0.3, -0.25) is 9.59 Å². The van der Waals surface area contributed by atoms with E-state index in [1.165, 1.54) is 11.8 Å². The number of carbonyl (C=O) groups is 2. The number of thioether (sulfide) groups is 1. The van der Waals surface area contributed by atoms with Crippen molar-refractivity contribution >= 4 is 35.2 Å². The summed E-state index contributed by atoms with van der Waals surface area (Å²) >= 11 is 7.73. The molecule has 0 bridgehead atoms. The van der Waals surface area contributed by atoms with Gasteiger partial charge in [-0.25, -0.2) is 0 Å². The lowest BCUT2D eigenvalue weighted by Crippen LogP contribution is -2.48. The van der Waals surface area contributed by atoms with Gasteiger partial charge in [0.05, 0.1) is 5.75 Å². The first-order valence-electron chi connectivity index (χ1n) is 10.2. The highest BCUT2D eigenvalue weighted by atomic mass is 35.5. The molecule has 0 heterocycles. The van der Waals surface area contributed by atoms with Crippen LogP contribution in [-0.2, 0) is 21.9 Å². The third kappa shape index (κ3) is 7.37. The summed E-state index contributed by atoms with van der Waals surface area (Å²) in [5.41, 5.74) is 3.16. The summed E-state index contributed by atoms with van der Waals surface area (Å²) in [4.78, 5) is 27.5. The van der Waals surface area contributed by atoms with Crippen LogP contribution in [0.25, 0.3) is 0 Å². The fourth-order valence-electron chi connectivity index (χ4n) is 2.95. The molecule has 0 aliphatic carbocycles. The van der Waals surface area contributed by atoms with Crippen LogP contribution < -0.4 is 5.32 Å². The number of halogens is 1. The van der Waals surface area contributed by atoms with E-state index in [9.17, 15) is 9.59 Å². The van der Waals surface area contributed by atoms with Gasteiger partial charge in [0.1, 0.15) is 6.04 Å². The topological polar surface area (TPSA) is 49.4 Å². The molecule has 0 spiro atoms. The number of hydrogen-bond donors (Lipinski definition) is 1. The predicted molar refractivity (Wildman–Crippen MR) is 127 cm³/mol. The molecule has 0 aromatic heterocycles. The number of carbonyl (C=O) groups excluding carboxylic acids is 2. The van der Waals surface area contributed by atoms with Crippen LogP contribution in [0.15, 0.2) is 48.5 Å². The number of hydrogen-bond acceptors (Lipinski definition) is 3. The summed E-state index contributed by atoms with van der Waals surface area (Å²) in [6, 6.07) is 15.1. The number of aryl methyl sites for hydroxylation is 1. The van der Waals surface area contributed by atoms with E-state index in [1.54, 1.807) is 11.8 Å². The fourth-order valence-corrected chi connectivity index (χ4v) is 4.15. The smallest absolute Gasteiger partial charge is 0.242 e. The van der Waals surface area contributed by atoms with Gasteiger partial charge < -0.3 is 10.2 Å². The number of amides is 2. The third-order valence-corrected chi connectivity index (χ3v) is 6.23. The van der Waals surface area contributed by atoms with E-state index in [1.807, 2.05) is 69.3 Å². The molecule has 1 atom stereocenters. The van der Waals surface area contributed by atoms with E-state index >= 15 is 0 Å². The van der Waals surface area contributed by atoms with Crippen LogP contribution in [0.3, 0.4) is 0 Å². The minimum Gasteiger partial charge on any atom is -0.354 e. The maximum absolute atomic E-state index is 13.1. The molecular formula is C24H31ClN2O2S. The molecule has 0 saturated carbocycles. The molecule has 2 aromatic rings. The van der Waals surface area contributed by atoms with Crippen molar-refractivity contribution in [1.82, 2.24) is 10.2 Å². The zero-order valence-electron chi connectivity index (χ0n) is 18.2. The van der Waals surface area contributed by atoms with Gasteiger partial charge >= 0.3 is 0 Å². The molecule has 0 aliphatic heterocycles. The van der Waals surface area contributed by atoms with Gasteiger partial charge in [0.15, 0.2) is 0 Å². The maximum Gasteiger partial charge on any atom is 0.242 e. The van der Waals surface area contributed by atoms with Gasteiger partial charge in [-0.2, -0.15) is 0 Å². The van der Waals surface area contributed by atoms with Crippen LogP contribution in [0.1, 0.15) is 37.5 Å². The van der Waals surface area contributed by atoms with E-state index in [0.717, 1.165) is 16.7 Å². The van der Waals surface area contributed by atoms with E-state index in [2.05, 4.69) is 5.32 Å². The highest BCUT2D eigenvalue weighted by molar-refractivity contribution is 7.99. The molecule has 2 amide bonds. The van der Waals surface area contributed by atoms with E-state index in [4.69, 9.17) is 11.6 Å². The first kappa shape index (κ1) is 24.3. The summed E-state index contributed by atoms with van der Waals surface area (Å²) in [6.45, 7) is 8.92. The number of nitrogens with one attached hydrogen (secondary N) is 1. The summed E-state index contributed by atoms with van der Waals surface area (Å²) in [5.74, 6) is 1.12. The Hall–Kier alpha value is -1.98. The minimum atomic E-state index is -0.545. The molecule has 0 saturated heterocycles. The highest BCUT2D eigenvalue weighted by Gasteiger charge is 2.26. The van der Waals surface area contributed by atoms with Crippen molar-refractivity contribution < 1.29 is 9.59 Å². The normalized spacial score (nSPS) is 11.9. The SMILES string of the molecule is Cc1ccccc1CN(C(=O)CSCc1ccccc1Cl)C(C)C(=O)NCC(C)C. The van der Waals surface area contributed by atoms with Crippen LogP contribution in [-0.4, -0.2) is 35.1 Å². The molecule has 4 nitrogen and oxygen atoms in total. The lowest BCUT2D eigenvalue weighted by Gasteiger charge is -2.29. The van der Waals surface area contributed by atoms with Gasteiger partial charge in [0, 0.05) is 23.9 Å². The Morgan fingerprint density at radius 2 is 1.67 bits per heavy atom. The Labute approximate surface area is 189 Å². The second-order valence-electron chi connectivity index (χ2n) is 7.85. The van der Waals surface area contributed by atoms with Crippen molar-refractivity contribution in [3.63, 3.8) is 0 Å². The molecule has 2 rings (SSSR count).